The first-order valence-electron chi connectivity index (χ1n) is 3.94. The highest BCUT2D eigenvalue weighted by Crippen LogP contribution is 2.39. The van der Waals surface area contributed by atoms with E-state index in [1.807, 2.05) is 0 Å². The molecule has 0 aliphatic heterocycles. The molecular weight excluding hydrogens is 233 g/mol. The van der Waals surface area contributed by atoms with Gasteiger partial charge in [0.25, 0.3) is 0 Å². The minimum absolute atomic E-state index is 0.178. The van der Waals surface area contributed by atoms with Gasteiger partial charge in [0.05, 0.1) is 24.3 Å². The van der Waals surface area contributed by atoms with E-state index in [0.29, 0.717) is 0 Å². The van der Waals surface area contributed by atoms with Gasteiger partial charge in [-0.2, -0.15) is 13.2 Å². The molecule has 0 aliphatic carbocycles. The average Bonchev–Trinajstić information content (AvgIpc) is 2.14. The third-order valence-corrected chi connectivity index (χ3v) is 2.13. The Morgan fingerprint density at radius 3 is 2.40 bits per heavy atom. The molecule has 15 heavy (non-hydrogen) atoms. The van der Waals surface area contributed by atoms with Crippen molar-refractivity contribution in [1.29, 1.82) is 0 Å². The van der Waals surface area contributed by atoms with Gasteiger partial charge in [0, 0.05) is 0 Å². The quantitative estimate of drug-likeness (QED) is 0.861. The van der Waals surface area contributed by atoms with Crippen molar-refractivity contribution in [3.63, 3.8) is 0 Å². The lowest BCUT2D eigenvalue weighted by atomic mass is 10.1. The highest BCUT2D eigenvalue weighted by molar-refractivity contribution is 6.31. The minimum atomic E-state index is -4.58. The van der Waals surface area contributed by atoms with E-state index in [1.165, 1.54) is 7.11 Å². The zero-order valence-corrected chi connectivity index (χ0v) is 8.49. The first kappa shape index (κ1) is 12.1. The van der Waals surface area contributed by atoms with Crippen LogP contribution in [0.4, 0.5) is 13.2 Å². The maximum absolute atomic E-state index is 12.5. The first-order valence-corrected chi connectivity index (χ1v) is 4.32. The second-order valence-corrected chi connectivity index (χ2v) is 3.21. The van der Waals surface area contributed by atoms with Gasteiger partial charge in [-0.3, -0.25) is 0 Å². The lowest BCUT2D eigenvalue weighted by molar-refractivity contribution is -0.138. The fourth-order valence-electron chi connectivity index (χ4n) is 1.20. The van der Waals surface area contributed by atoms with Crippen molar-refractivity contribution < 1.29 is 23.0 Å². The molecule has 1 aromatic rings. The zero-order valence-electron chi connectivity index (χ0n) is 7.73. The molecule has 1 rings (SSSR count). The van der Waals surface area contributed by atoms with Gasteiger partial charge < -0.3 is 9.84 Å². The summed E-state index contributed by atoms with van der Waals surface area (Å²) >= 11 is 5.47. The number of rotatable bonds is 2. The molecular formula is C9H8ClF3O2. The summed E-state index contributed by atoms with van der Waals surface area (Å²) in [5.74, 6) is 0.178. The van der Waals surface area contributed by atoms with Crippen molar-refractivity contribution in [2.75, 3.05) is 7.11 Å². The van der Waals surface area contributed by atoms with E-state index < -0.39 is 23.4 Å². The Labute approximate surface area is 89.2 Å². The third-order valence-electron chi connectivity index (χ3n) is 1.83. The molecule has 0 heterocycles. The van der Waals surface area contributed by atoms with Crippen LogP contribution in [0.3, 0.4) is 0 Å². The molecule has 0 atom stereocenters. The molecule has 2 nitrogen and oxygen atoms in total. The average molecular weight is 241 g/mol. The molecule has 0 saturated heterocycles. The van der Waals surface area contributed by atoms with Gasteiger partial charge in [-0.05, 0) is 17.7 Å². The van der Waals surface area contributed by atoms with E-state index in [-0.39, 0.29) is 11.3 Å². The van der Waals surface area contributed by atoms with Crippen LogP contribution in [0.2, 0.25) is 5.02 Å². The van der Waals surface area contributed by atoms with Crippen molar-refractivity contribution in [3.05, 3.63) is 28.3 Å². The molecule has 0 radical (unpaired) electrons. The molecule has 0 spiro atoms. The Morgan fingerprint density at radius 1 is 1.40 bits per heavy atom. The van der Waals surface area contributed by atoms with Crippen LogP contribution in [0.15, 0.2) is 12.1 Å². The van der Waals surface area contributed by atoms with Crippen LogP contribution < -0.4 is 4.74 Å². The van der Waals surface area contributed by atoms with Crippen LogP contribution >= 0.6 is 11.6 Å². The van der Waals surface area contributed by atoms with E-state index in [2.05, 4.69) is 0 Å². The number of aliphatic hydroxyl groups is 1. The van der Waals surface area contributed by atoms with Gasteiger partial charge in [0.15, 0.2) is 0 Å². The predicted octanol–water partition coefficient (Wildman–Crippen LogP) is 2.86. The van der Waals surface area contributed by atoms with Gasteiger partial charge >= 0.3 is 6.18 Å². The van der Waals surface area contributed by atoms with Crippen LogP contribution in [0.5, 0.6) is 5.75 Å². The summed E-state index contributed by atoms with van der Waals surface area (Å²) in [5.41, 5.74) is -1.32. The van der Waals surface area contributed by atoms with E-state index in [1.54, 1.807) is 0 Å². The normalized spacial score (nSPS) is 11.6. The molecule has 0 unspecified atom stereocenters. The summed E-state index contributed by atoms with van der Waals surface area (Å²) in [7, 11) is 1.31. The van der Waals surface area contributed by atoms with Crippen molar-refractivity contribution in [2.45, 2.75) is 12.8 Å². The highest BCUT2D eigenvalue weighted by Gasteiger charge is 2.36. The summed E-state index contributed by atoms with van der Waals surface area (Å²) in [6.45, 7) is -0.744. The van der Waals surface area contributed by atoms with Crippen LogP contribution in [-0.4, -0.2) is 12.2 Å². The van der Waals surface area contributed by atoms with Crippen molar-refractivity contribution in [2.24, 2.45) is 0 Å². The number of halogens is 4. The molecule has 84 valence electrons. The summed E-state index contributed by atoms with van der Waals surface area (Å²) in [6.07, 6.45) is -4.58. The fourth-order valence-corrected chi connectivity index (χ4v) is 1.53. The number of methoxy groups -OCH3 is 1. The number of alkyl halides is 3. The fraction of sp³-hybridized carbons (Fsp3) is 0.333. The summed E-state index contributed by atoms with van der Waals surface area (Å²) in [5, 5.41) is 8.33. The molecule has 0 fully saturated rings. The largest absolute Gasteiger partial charge is 0.497 e. The molecule has 6 heteroatoms. The predicted molar refractivity (Wildman–Crippen MR) is 48.9 cm³/mol. The monoisotopic (exact) mass is 240 g/mol. The first-order chi connectivity index (χ1) is 6.90. The SMILES string of the molecule is COc1cc(Cl)c(C(F)(F)F)c(CO)c1. The molecule has 1 N–H and O–H groups in total. The van der Waals surface area contributed by atoms with Crippen molar-refractivity contribution >= 4 is 11.6 Å². The molecule has 0 aromatic heterocycles. The summed E-state index contributed by atoms with van der Waals surface area (Å²) < 4.78 is 42.2. The van der Waals surface area contributed by atoms with Gasteiger partial charge in [-0.15, -0.1) is 0 Å². The second-order valence-electron chi connectivity index (χ2n) is 2.80. The third kappa shape index (κ3) is 2.54. The molecule has 0 amide bonds. The maximum atomic E-state index is 12.5. The summed E-state index contributed by atoms with van der Waals surface area (Å²) in [4.78, 5) is 0. The minimum Gasteiger partial charge on any atom is -0.497 e. The second kappa shape index (κ2) is 4.28. The Balaban J connectivity index is 3.38. The Bertz CT molecular complexity index is 363. The molecule has 1 aromatic carbocycles. The van der Waals surface area contributed by atoms with Crippen LogP contribution in [-0.2, 0) is 12.8 Å². The number of hydrogen-bond donors (Lipinski definition) is 1. The number of aliphatic hydroxyl groups excluding tert-OH is 1. The number of hydrogen-bond acceptors (Lipinski definition) is 2. The van der Waals surface area contributed by atoms with E-state index >= 15 is 0 Å². The number of benzene rings is 1. The summed E-state index contributed by atoms with van der Waals surface area (Å²) in [6, 6.07) is 2.16. The lowest BCUT2D eigenvalue weighted by Gasteiger charge is -2.14. The Hall–Kier alpha value is -0.940. The Morgan fingerprint density at radius 2 is 2.00 bits per heavy atom. The van der Waals surface area contributed by atoms with E-state index in [4.69, 9.17) is 21.4 Å². The topological polar surface area (TPSA) is 29.5 Å². The van der Waals surface area contributed by atoms with Gasteiger partial charge in [0.1, 0.15) is 5.75 Å². The molecule has 0 bridgehead atoms. The smallest absolute Gasteiger partial charge is 0.418 e. The van der Waals surface area contributed by atoms with E-state index in [9.17, 15) is 13.2 Å². The van der Waals surface area contributed by atoms with E-state index in [0.717, 1.165) is 12.1 Å². The molecule has 0 saturated carbocycles. The van der Waals surface area contributed by atoms with Crippen molar-refractivity contribution in [3.8, 4) is 5.75 Å². The van der Waals surface area contributed by atoms with Gasteiger partial charge in [-0.25, -0.2) is 0 Å². The highest BCUT2D eigenvalue weighted by atomic mass is 35.5. The maximum Gasteiger partial charge on any atom is 0.418 e. The lowest BCUT2D eigenvalue weighted by Crippen LogP contribution is -2.10. The van der Waals surface area contributed by atoms with Crippen molar-refractivity contribution in [1.82, 2.24) is 0 Å². The van der Waals surface area contributed by atoms with Crippen LogP contribution in [0, 0.1) is 0 Å². The Kier molecular flexibility index (Phi) is 3.46. The van der Waals surface area contributed by atoms with Gasteiger partial charge in [-0.1, -0.05) is 11.6 Å². The standard InChI is InChI=1S/C9H8ClF3O2/c1-15-6-2-5(4-14)8(7(10)3-6)9(11,12)13/h2-3,14H,4H2,1H3. The van der Waals surface area contributed by atoms with Crippen LogP contribution in [0.25, 0.3) is 0 Å². The zero-order chi connectivity index (χ0) is 11.6. The van der Waals surface area contributed by atoms with Gasteiger partial charge in [0.2, 0.25) is 0 Å². The molecule has 0 aliphatic rings. The number of ether oxygens (including phenoxy) is 1. The van der Waals surface area contributed by atoms with Crippen LogP contribution in [0.1, 0.15) is 11.1 Å².